The second-order valence-electron chi connectivity index (χ2n) is 0.194. The molecule has 0 aliphatic rings. The molecule has 0 bridgehead atoms. The maximum atomic E-state index is 8.99. The summed E-state index contributed by atoms with van der Waals surface area (Å²) >= 11 is 1.26. The van der Waals surface area contributed by atoms with E-state index < -0.39 is 8.25 Å². The fourth-order valence-electron chi connectivity index (χ4n) is 0. The van der Waals surface area contributed by atoms with E-state index >= 15 is 0 Å². The molecule has 4 heteroatoms. The molecule has 0 N–H and O–H groups in total. The molecule has 0 fully saturated rings. The van der Waals surface area contributed by atoms with Crippen molar-refractivity contribution in [2.75, 3.05) is 0 Å². The predicted molar refractivity (Wildman–Crippen MR) is 22.9 cm³/mol. The number of hydrogen-bond donors (Lipinski definition) is 0. The maximum absolute atomic E-state index is 8.99. The molecular weight excluding hydrogens is 191 g/mol. The van der Waals surface area contributed by atoms with E-state index in [1.807, 2.05) is 0 Å². The minimum Gasteiger partial charge on any atom is -0.764 e. The molecule has 0 radical (unpaired) electrons. The lowest BCUT2D eigenvalue weighted by atomic mass is 15.9. The van der Waals surface area contributed by atoms with Crippen molar-refractivity contribution < 1.29 is 8.76 Å². The van der Waals surface area contributed by atoms with Crippen molar-refractivity contribution in [3.63, 3.8) is 0 Å². The first-order valence-corrected chi connectivity index (χ1v) is 4.11. The molecule has 0 aliphatic heterocycles. The van der Waals surface area contributed by atoms with Gasteiger partial charge in [0, 0.05) is 29.5 Å². The molecule has 0 rings (SSSR count). The highest BCUT2D eigenvalue weighted by Crippen LogP contribution is 1.80. The van der Waals surface area contributed by atoms with Gasteiger partial charge in [-0.05, 0) is 0 Å². The van der Waals surface area contributed by atoms with E-state index in [9.17, 15) is 0 Å². The second-order valence-corrected chi connectivity index (χ2v) is 2.74. The average molecular weight is 191 g/mol. The molecule has 0 heterocycles. The minimum absolute atomic E-state index is 1.26. The topological polar surface area (TPSA) is 40.1 Å². The van der Waals surface area contributed by atoms with Crippen LogP contribution in [0.25, 0.3) is 0 Å². The molecule has 1 unspecified atom stereocenters. The SMILES string of the molecule is O=S([O-])I. The molecular formula is IO2S-. The molecule has 4 heavy (non-hydrogen) atoms. The summed E-state index contributed by atoms with van der Waals surface area (Å²) in [6.45, 7) is 0. The van der Waals surface area contributed by atoms with Crippen molar-refractivity contribution in [1.82, 2.24) is 0 Å². The third-order valence-corrected chi connectivity index (χ3v) is 0. The molecule has 0 aromatic heterocycles. The van der Waals surface area contributed by atoms with Gasteiger partial charge in [0.2, 0.25) is 0 Å². The lowest BCUT2D eigenvalue weighted by Gasteiger charge is -1.81. The highest BCUT2D eigenvalue weighted by atomic mass is 127. The largest absolute Gasteiger partial charge is 0.764 e. The summed E-state index contributed by atoms with van der Waals surface area (Å²) in [6.07, 6.45) is 0. The molecule has 0 aromatic carbocycles. The molecule has 0 aliphatic carbocycles. The van der Waals surface area contributed by atoms with E-state index in [0.717, 1.165) is 0 Å². The normalized spacial score (nSPS) is 15.5. The smallest absolute Gasteiger partial charge is 0.0163 e. The van der Waals surface area contributed by atoms with E-state index in [4.69, 9.17) is 8.76 Å². The summed E-state index contributed by atoms with van der Waals surface area (Å²) in [7, 11) is -1.89. The van der Waals surface area contributed by atoms with Crippen molar-refractivity contribution in [3.8, 4) is 0 Å². The quantitative estimate of drug-likeness (QED) is 0.312. The second kappa shape index (κ2) is 2.10. The third kappa shape index (κ3) is 13.6. The highest BCUT2D eigenvalue weighted by molar-refractivity contribution is 14.2. The Bertz CT molecular complexity index is 29.0. The van der Waals surface area contributed by atoms with Crippen molar-refractivity contribution >= 4 is 29.5 Å². The van der Waals surface area contributed by atoms with E-state index in [2.05, 4.69) is 0 Å². The zero-order valence-electron chi connectivity index (χ0n) is 1.60. The molecule has 0 amide bonds. The monoisotopic (exact) mass is 191 g/mol. The summed E-state index contributed by atoms with van der Waals surface area (Å²) in [4.78, 5) is 0. The van der Waals surface area contributed by atoms with Crippen LogP contribution in [0.1, 0.15) is 0 Å². The molecule has 2 nitrogen and oxygen atoms in total. The zero-order valence-corrected chi connectivity index (χ0v) is 4.58. The predicted octanol–water partition coefficient (Wildman–Crippen LogP) is 0.216. The number of hydrogen-bond acceptors (Lipinski definition) is 2. The maximum Gasteiger partial charge on any atom is 0.0163 e. The lowest BCUT2D eigenvalue weighted by Crippen LogP contribution is -1.59. The van der Waals surface area contributed by atoms with Gasteiger partial charge >= 0.3 is 0 Å². The fourth-order valence-corrected chi connectivity index (χ4v) is 0. The van der Waals surface area contributed by atoms with Gasteiger partial charge in [-0.1, -0.05) is 0 Å². The van der Waals surface area contributed by atoms with Crippen LogP contribution in [-0.2, 0) is 8.25 Å². The molecule has 0 saturated heterocycles. The van der Waals surface area contributed by atoms with Gasteiger partial charge in [-0.25, -0.2) is 0 Å². The number of rotatable bonds is 0. The van der Waals surface area contributed by atoms with Crippen LogP contribution in [0.3, 0.4) is 0 Å². The number of halogens is 1. The summed E-state index contributed by atoms with van der Waals surface area (Å²) in [5, 5.41) is 0. The van der Waals surface area contributed by atoms with Crippen molar-refractivity contribution in [1.29, 1.82) is 0 Å². The Kier molecular flexibility index (Phi) is 2.54. The summed E-state index contributed by atoms with van der Waals surface area (Å²) in [6, 6.07) is 0. The Morgan fingerprint density at radius 2 is 2.00 bits per heavy atom. The van der Waals surface area contributed by atoms with Gasteiger partial charge in [0.15, 0.2) is 0 Å². The van der Waals surface area contributed by atoms with Crippen LogP contribution >= 0.6 is 21.2 Å². The van der Waals surface area contributed by atoms with Crippen molar-refractivity contribution in [3.05, 3.63) is 0 Å². The van der Waals surface area contributed by atoms with Gasteiger partial charge in [-0.2, -0.15) is 0 Å². The zero-order chi connectivity index (χ0) is 3.58. The van der Waals surface area contributed by atoms with Crippen LogP contribution < -0.4 is 0 Å². The van der Waals surface area contributed by atoms with Gasteiger partial charge in [0.25, 0.3) is 0 Å². The molecule has 0 spiro atoms. The Balaban J connectivity index is 2.80. The van der Waals surface area contributed by atoms with E-state index in [0.29, 0.717) is 0 Å². The molecule has 26 valence electrons. The summed E-state index contributed by atoms with van der Waals surface area (Å²) < 4.78 is 18.0. The van der Waals surface area contributed by atoms with E-state index in [1.54, 1.807) is 0 Å². The fraction of sp³-hybridized carbons (Fsp3) is 0. The van der Waals surface area contributed by atoms with Crippen molar-refractivity contribution in [2.45, 2.75) is 0 Å². The Morgan fingerprint density at radius 1 is 2.00 bits per heavy atom. The van der Waals surface area contributed by atoms with Crippen LogP contribution in [-0.4, -0.2) is 8.76 Å². The summed E-state index contributed by atoms with van der Waals surface area (Å²) in [5.41, 5.74) is 0. The minimum atomic E-state index is -1.89. The van der Waals surface area contributed by atoms with Gasteiger partial charge in [0.05, 0.1) is 0 Å². The Morgan fingerprint density at radius 3 is 2.00 bits per heavy atom. The van der Waals surface area contributed by atoms with Crippen LogP contribution in [0.2, 0.25) is 0 Å². The molecule has 0 saturated carbocycles. The lowest BCUT2D eigenvalue weighted by molar-refractivity contribution is 0.556. The first-order valence-electron chi connectivity index (χ1n) is 0.488. The van der Waals surface area contributed by atoms with Crippen LogP contribution in [0.15, 0.2) is 0 Å². The molecule has 1 atom stereocenters. The van der Waals surface area contributed by atoms with Crippen LogP contribution in [0.5, 0.6) is 0 Å². The van der Waals surface area contributed by atoms with Gasteiger partial charge in [-0.15, -0.1) is 0 Å². The Hall–Kier alpha value is 0.840. The van der Waals surface area contributed by atoms with Gasteiger partial charge in [-0.3, -0.25) is 4.21 Å². The van der Waals surface area contributed by atoms with E-state index in [-0.39, 0.29) is 0 Å². The van der Waals surface area contributed by atoms with Gasteiger partial charge in [0.1, 0.15) is 0 Å². The first-order chi connectivity index (χ1) is 1.73. The first kappa shape index (κ1) is 4.84. The molecule has 0 aromatic rings. The van der Waals surface area contributed by atoms with Gasteiger partial charge < -0.3 is 4.55 Å². The average Bonchev–Trinajstić information content (AvgIpc) is 0.811. The summed E-state index contributed by atoms with van der Waals surface area (Å²) in [5.74, 6) is 0. The Labute approximate surface area is 38.5 Å². The third-order valence-electron chi connectivity index (χ3n) is 0. The standard InChI is InChI=1S/HIO2S/c1-4(2)3/h(H,2,3)/p-1. The van der Waals surface area contributed by atoms with Crippen LogP contribution in [0.4, 0.5) is 0 Å². The highest BCUT2D eigenvalue weighted by Gasteiger charge is 1.45. The van der Waals surface area contributed by atoms with Crippen molar-refractivity contribution in [2.24, 2.45) is 0 Å². The van der Waals surface area contributed by atoms with Crippen LogP contribution in [0, 0.1) is 0 Å². The van der Waals surface area contributed by atoms with E-state index in [1.165, 1.54) is 21.2 Å².